The fraction of sp³-hybridized carbons (Fsp3) is 0.562. The van der Waals surface area contributed by atoms with Crippen LogP contribution in [0.25, 0.3) is 0 Å². The first-order valence-corrected chi connectivity index (χ1v) is 7.28. The van der Waals surface area contributed by atoms with Gasteiger partial charge in [-0.2, -0.15) is 0 Å². The van der Waals surface area contributed by atoms with Crippen LogP contribution in [0.3, 0.4) is 0 Å². The van der Waals surface area contributed by atoms with Crippen LogP contribution in [0.4, 0.5) is 5.69 Å². The number of methoxy groups -OCH3 is 1. The molecular weight excluding hydrogens is 252 g/mol. The van der Waals surface area contributed by atoms with Gasteiger partial charge in [-0.25, -0.2) is 0 Å². The van der Waals surface area contributed by atoms with E-state index in [2.05, 4.69) is 13.8 Å². The van der Waals surface area contributed by atoms with Gasteiger partial charge in [0.25, 0.3) is 5.91 Å². The predicted octanol–water partition coefficient (Wildman–Crippen LogP) is 2.93. The van der Waals surface area contributed by atoms with E-state index in [1.54, 1.807) is 25.3 Å². The molecule has 1 aromatic carbocycles. The number of hydrogen-bond acceptors (Lipinski definition) is 3. The topological polar surface area (TPSA) is 55.6 Å². The summed E-state index contributed by atoms with van der Waals surface area (Å²) in [5, 5.41) is 0. The van der Waals surface area contributed by atoms with Crippen LogP contribution >= 0.6 is 0 Å². The number of nitrogen functional groups attached to an aromatic ring is 1. The molecule has 20 heavy (non-hydrogen) atoms. The Morgan fingerprint density at radius 2 is 2.10 bits per heavy atom. The molecule has 0 radical (unpaired) electrons. The molecule has 0 saturated carbocycles. The van der Waals surface area contributed by atoms with Crippen molar-refractivity contribution in [3.8, 4) is 5.75 Å². The Balaban J connectivity index is 2.21. The summed E-state index contributed by atoms with van der Waals surface area (Å²) in [6.07, 6.45) is 3.32. The number of ether oxygens (including phenoxy) is 1. The quantitative estimate of drug-likeness (QED) is 0.860. The molecule has 0 unspecified atom stereocenters. The van der Waals surface area contributed by atoms with E-state index >= 15 is 0 Å². The maximum absolute atomic E-state index is 12.7. The van der Waals surface area contributed by atoms with Crippen molar-refractivity contribution in [2.45, 2.75) is 33.1 Å². The SMILES string of the molecule is CCC1(CC)CCN(C(=O)c2ccc(N)cc2OC)C1. The molecule has 1 aliphatic rings. The van der Waals surface area contributed by atoms with E-state index in [0.29, 0.717) is 17.0 Å². The van der Waals surface area contributed by atoms with Crippen molar-refractivity contribution >= 4 is 11.6 Å². The number of anilines is 1. The van der Waals surface area contributed by atoms with Gasteiger partial charge >= 0.3 is 0 Å². The van der Waals surface area contributed by atoms with Crippen LogP contribution in [0, 0.1) is 5.41 Å². The van der Waals surface area contributed by atoms with Crippen LogP contribution in [0.15, 0.2) is 18.2 Å². The predicted molar refractivity (Wildman–Crippen MR) is 80.9 cm³/mol. The summed E-state index contributed by atoms with van der Waals surface area (Å²) in [6, 6.07) is 5.21. The van der Waals surface area contributed by atoms with E-state index in [0.717, 1.165) is 32.4 Å². The lowest BCUT2D eigenvalue weighted by Crippen LogP contribution is -2.32. The largest absolute Gasteiger partial charge is 0.496 e. The van der Waals surface area contributed by atoms with Gasteiger partial charge in [-0.05, 0) is 36.8 Å². The summed E-state index contributed by atoms with van der Waals surface area (Å²) in [4.78, 5) is 14.6. The Labute approximate surface area is 120 Å². The zero-order chi connectivity index (χ0) is 14.8. The summed E-state index contributed by atoms with van der Waals surface area (Å²) in [5.41, 5.74) is 7.24. The van der Waals surface area contributed by atoms with E-state index in [-0.39, 0.29) is 11.3 Å². The smallest absolute Gasteiger partial charge is 0.257 e. The fourth-order valence-corrected chi connectivity index (χ4v) is 2.99. The average molecular weight is 276 g/mol. The molecule has 2 N–H and O–H groups in total. The normalized spacial score (nSPS) is 17.2. The van der Waals surface area contributed by atoms with Crippen molar-refractivity contribution in [3.05, 3.63) is 23.8 Å². The number of benzene rings is 1. The second-order valence-corrected chi connectivity index (χ2v) is 5.64. The van der Waals surface area contributed by atoms with Crippen LogP contribution in [-0.4, -0.2) is 31.0 Å². The van der Waals surface area contributed by atoms with Crippen molar-refractivity contribution in [1.82, 2.24) is 4.90 Å². The van der Waals surface area contributed by atoms with Gasteiger partial charge < -0.3 is 15.4 Å². The molecule has 0 atom stereocenters. The number of carbonyl (C=O) groups excluding carboxylic acids is 1. The van der Waals surface area contributed by atoms with Gasteiger partial charge in [-0.3, -0.25) is 4.79 Å². The number of amides is 1. The Hall–Kier alpha value is -1.71. The molecule has 1 heterocycles. The maximum Gasteiger partial charge on any atom is 0.257 e. The highest BCUT2D eigenvalue weighted by atomic mass is 16.5. The van der Waals surface area contributed by atoms with Gasteiger partial charge in [0.05, 0.1) is 12.7 Å². The number of rotatable bonds is 4. The van der Waals surface area contributed by atoms with E-state index in [1.807, 2.05) is 4.90 Å². The fourth-order valence-electron chi connectivity index (χ4n) is 2.99. The van der Waals surface area contributed by atoms with Crippen LogP contribution in [0.2, 0.25) is 0 Å². The number of nitrogens with zero attached hydrogens (tertiary/aromatic N) is 1. The minimum absolute atomic E-state index is 0.0469. The summed E-state index contributed by atoms with van der Waals surface area (Å²) in [7, 11) is 1.57. The van der Waals surface area contributed by atoms with Crippen LogP contribution < -0.4 is 10.5 Å². The monoisotopic (exact) mass is 276 g/mol. The molecule has 1 aliphatic heterocycles. The number of hydrogen-bond donors (Lipinski definition) is 1. The van der Waals surface area contributed by atoms with Gasteiger partial charge in [0.15, 0.2) is 0 Å². The molecule has 0 bridgehead atoms. The number of carbonyl (C=O) groups is 1. The first kappa shape index (κ1) is 14.7. The lowest BCUT2D eigenvalue weighted by molar-refractivity contribution is 0.0766. The molecule has 1 aromatic rings. The van der Waals surface area contributed by atoms with Gasteiger partial charge in [0.2, 0.25) is 0 Å². The van der Waals surface area contributed by atoms with E-state index in [4.69, 9.17) is 10.5 Å². The zero-order valence-electron chi connectivity index (χ0n) is 12.6. The summed E-state index contributed by atoms with van der Waals surface area (Å²) >= 11 is 0. The lowest BCUT2D eigenvalue weighted by Gasteiger charge is -2.26. The molecule has 0 aromatic heterocycles. The van der Waals surface area contributed by atoms with Crippen molar-refractivity contribution in [2.75, 3.05) is 25.9 Å². The molecule has 4 heteroatoms. The van der Waals surface area contributed by atoms with Gasteiger partial charge in [0.1, 0.15) is 5.75 Å². The van der Waals surface area contributed by atoms with Crippen LogP contribution in [-0.2, 0) is 0 Å². The van der Waals surface area contributed by atoms with E-state index < -0.39 is 0 Å². The van der Waals surface area contributed by atoms with Gasteiger partial charge in [-0.15, -0.1) is 0 Å². The molecule has 1 fully saturated rings. The highest BCUT2D eigenvalue weighted by molar-refractivity contribution is 5.97. The Bertz CT molecular complexity index is 495. The van der Waals surface area contributed by atoms with Crippen molar-refractivity contribution in [1.29, 1.82) is 0 Å². The van der Waals surface area contributed by atoms with E-state index in [9.17, 15) is 4.79 Å². The molecular formula is C16H24N2O2. The summed E-state index contributed by atoms with van der Waals surface area (Å²) < 4.78 is 5.28. The number of likely N-dealkylation sites (tertiary alicyclic amines) is 1. The van der Waals surface area contributed by atoms with Crippen LogP contribution in [0.1, 0.15) is 43.5 Å². The highest BCUT2D eigenvalue weighted by Crippen LogP contribution is 2.38. The standard InChI is InChI=1S/C16H24N2O2/c1-4-16(5-2)8-9-18(11-16)15(19)13-7-6-12(17)10-14(13)20-3/h6-7,10H,4-5,8-9,11,17H2,1-3H3. The first-order valence-electron chi connectivity index (χ1n) is 7.28. The third-order valence-corrected chi connectivity index (χ3v) is 4.68. The first-order chi connectivity index (χ1) is 9.55. The van der Waals surface area contributed by atoms with Gasteiger partial charge in [0, 0.05) is 24.8 Å². The molecule has 1 amide bonds. The minimum Gasteiger partial charge on any atom is -0.496 e. The third kappa shape index (κ3) is 2.60. The maximum atomic E-state index is 12.7. The lowest BCUT2D eigenvalue weighted by atomic mass is 9.82. The second kappa shape index (κ2) is 5.73. The Kier molecular flexibility index (Phi) is 4.21. The molecule has 0 spiro atoms. The van der Waals surface area contributed by atoms with E-state index in [1.165, 1.54) is 0 Å². The summed E-state index contributed by atoms with van der Waals surface area (Å²) in [5.74, 6) is 0.603. The number of nitrogens with two attached hydrogens (primary N) is 1. The molecule has 2 rings (SSSR count). The molecule has 110 valence electrons. The van der Waals surface area contributed by atoms with Crippen molar-refractivity contribution in [3.63, 3.8) is 0 Å². The van der Waals surface area contributed by atoms with Gasteiger partial charge in [-0.1, -0.05) is 13.8 Å². The molecule has 1 saturated heterocycles. The highest BCUT2D eigenvalue weighted by Gasteiger charge is 2.37. The summed E-state index contributed by atoms with van der Waals surface area (Å²) in [6.45, 7) is 6.09. The zero-order valence-corrected chi connectivity index (χ0v) is 12.6. The third-order valence-electron chi connectivity index (χ3n) is 4.68. The molecule has 4 nitrogen and oxygen atoms in total. The Morgan fingerprint density at radius 3 is 2.65 bits per heavy atom. The Morgan fingerprint density at radius 1 is 1.40 bits per heavy atom. The van der Waals surface area contributed by atoms with Crippen molar-refractivity contribution in [2.24, 2.45) is 5.41 Å². The minimum atomic E-state index is 0.0469. The second-order valence-electron chi connectivity index (χ2n) is 5.64. The van der Waals surface area contributed by atoms with Crippen molar-refractivity contribution < 1.29 is 9.53 Å². The molecule has 0 aliphatic carbocycles. The average Bonchev–Trinajstić information content (AvgIpc) is 2.91. The van der Waals surface area contributed by atoms with Crippen LogP contribution in [0.5, 0.6) is 5.75 Å².